The first kappa shape index (κ1) is 25.9. The van der Waals surface area contributed by atoms with Gasteiger partial charge in [0.1, 0.15) is 0 Å². The van der Waals surface area contributed by atoms with Gasteiger partial charge in [-0.1, -0.05) is 13.8 Å². The van der Waals surface area contributed by atoms with Gasteiger partial charge in [-0.25, -0.2) is 0 Å². The number of piperidine rings is 1. The zero-order valence-electron chi connectivity index (χ0n) is 17.2. The van der Waals surface area contributed by atoms with Crippen LogP contribution in [0.15, 0.2) is 4.99 Å². The molecule has 0 spiro atoms. The second-order valence-corrected chi connectivity index (χ2v) is 7.14. The summed E-state index contributed by atoms with van der Waals surface area (Å²) in [5.74, 6) is 1.43. The molecule has 1 fully saturated rings. The molecule has 0 amide bonds. The lowest BCUT2D eigenvalue weighted by Gasteiger charge is -2.29. The molecule has 0 aromatic heterocycles. The van der Waals surface area contributed by atoms with Crippen molar-refractivity contribution in [3.63, 3.8) is 0 Å². The van der Waals surface area contributed by atoms with Crippen molar-refractivity contribution < 1.29 is 9.84 Å². The van der Waals surface area contributed by atoms with E-state index in [9.17, 15) is 5.11 Å². The molecule has 0 aliphatic carbocycles. The van der Waals surface area contributed by atoms with Crippen molar-refractivity contribution in [1.82, 2.24) is 15.5 Å². The van der Waals surface area contributed by atoms with Crippen LogP contribution in [0.1, 0.15) is 53.4 Å². The number of aliphatic imine (C=N–C) groups is 1. The first-order valence-corrected chi connectivity index (χ1v) is 10.1. The van der Waals surface area contributed by atoms with Crippen LogP contribution in [-0.2, 0) is 4.74 Å². The van der Waals surface area contributed by atoms with E-state index < -0.39 is 0 Å². The molecular weight excluding hydrogens is 443 g/mol. The van der Waals surface area contributed by atoms with Gasteiger partial charge in [0.05, 0.1) is 12.2 Å². The summed E-state index contributed by atoms with van der Waals surface area (Å²) in [6.07, 6.45) is 4.07. The van der Waals surface area contributed by atoms with Gasteiger partial charge in [0.15, 0.2) is 5.96 Å². The van der Waals surface area contributed by atoms with E-state index in [2.05, 4.69) is 48.2 Å². The van der Waals surface area contributed by atoms with Crippen LogP contribution in [0.4, 0.5) is 0 Å². The van der Waals surface area contributed by atoms with Crippen molar-refractivity contribution in [2.45, 2.75) is 65.6 Å². The summed E-state index contributed by atoms with van der Waals surface area (Å²) >= 11 is 0. The molecule has 0 radical (unpaired) electrons. The summed E-state index contributed by atoms with van der Waals surface area (Å²) in [7, 11) is 0. The zero-order chi connectivity index (χ0) is 18.5. The van der Waals surface area contributed by atoms with Crippen LogP contribution in [0.3, 0.4) is 0 Å². The normalized spacial score (nSPS) is 17.8. The fourth-order valence-electron chi connectivity index (χ4n) is 3.13. The molecule has 1 saturated heterocycles. The number of aliphatic hydroxyl groups excluding tert-OH is 1. The van der Waals surface area contributed by atoms with E-state index in [1.54, 1.807) is 0 Å². The molecule has 1 rings (SSSR count). The fraction of sp³-hybridized carbons (Fsp3) is 0.947. The van der Waals surface area contributed by atoms with E-state index in [4.69, 9.17) is 4.74 Å². The number of ether oxygens (including phenoxy) is 1. The Bertz CT molecular complexity index is 361. The molecule has 26 heavy (non-hydrogen) atoms. The lowest BCUT2D eigenvalue weighted by molar-refractivity contribution is 0.0258. The molecule has 1 heterocycles. The lowest BCUT2D eigenvalue weighted by Crippen LogP contribution is -2.39. The van der Waals surface area contributed by atoms with Crippen molar-refractivity contribution in [1.29, 1.82) is 0 Å². The van der Waals surface area contributed by atoms with Crippen LogP contribution < -0.4 is 10.6 Å². The Kier molecular flexibility index (Phi) is 15.8. The molecule has 1 atom stereocenters. The summed E-state index contributed by atoms with van der Waals surface area (Å²) in [4.78, 5) is 7.11. The number of hydrogen-bond acceptors (Lipinski definition) is 4. The Morgan fingerprint density at radius 1 is 1.23 bits per heavy atom. The maximum absolute atomic E-state index is 9.55. The van der Waals surface area contributed by atoms with Crippen LogP contribution in [0, 0.1) is 5.92 Å². The Labute approximate surface area is 177 Å². The number of nitrogens with one attached hydrogen (secondary N) is 2. The summed E-state index contributed by atoms with van der Waals surface area (Å²) in [6.45, 7) is 15.0. The average Bonchev–Trinajstić information content (AvgIpc) is 2.59. The van der Waals surface area contributed by atoms with Crippen molar-refractivity contribution in [3.05, 3.63) is 0 Å². The Morgan fingerprint density at radius 2 is 1.92 bits per heavy atom. The van der Waals surface area contributed by atoms with E-state index >= 15 is 0 Å². The van der Waals surface area contributed by atoms with E-state index in [-0.39, 0.29) is 30.1 Å². The van der Waals surface area contributed by atoms with E-state index in [0.717, 1.165) is 77.5 Å². The molecule has 3 N–H and O–H groups in total. The Hall–Kier alpha value is -0.120. The van der Waals surface area contributed by atoms with Gasteiger partial charge in [0, 0.05) is 39.3 Å². The van der Waals surface area contributed by atoms with Crippen LogP contribution >= 0.6 is 24.0 Å². The van der Waals surface area contributed by atoms with E-state index in [1.165, 1.54) is 0 Å². The van der Waals surface area contributed by atoms with Gasteiger partial charge in [-0.3, -0.25) is 4.99 Å². The summed E-state index contributed by atoms with van der Waals surface area (Å²) in [5.41, 5.74) is 0. The SMILES string of the molecule is CCNC(=NCCCN1CCC(O)CC1)NCCC(OCC)C(C)C.I. The van der Waals surface area contributed by atoms with Crippen molar-refractivity contribution >= 4 is 29.9 Å². The second-order valence-electron chi connectivity index (χ2n) is 7.14. The Balaban J connectivity index is 0.00000625. The molecule has 0 saturated carbocycles. The summed E-state index contributed by atoms with van der Waals surface area (Å²) in [6, 6.07) is 0. The fourth-order valence-corrected chi connectivity index (χ4v) is 3.13. The van der Waals surface area contributed by atoms with Gasteiger partial charge in [0.2, 0.25) is 0 Å². The minimum atomic E-state index is -0.0924. The second kappa shape index (κ2) is 15.9. The number of aliphatic hydroxyl groups is 1. The monoisotopic (exact) mass is 484 g/mol. The van der Waals surface area contributed by atoms with Crippen LogP contribution in [0.25, 0.3) is 0 Å². The molecule has 7 heteroatoms. The number of likely N-dealkylation sites (tertiary alicyclic amines) is 1. The van der Waals surface area contributed by atoms with Crippen LogP contribution in [0.2, 0.25) is 0 Å². The van der Waals surface area contributed by atoms with Gasteiger partial charge in [0.25, 0.3) is 0 Å². The largest absolute Gasteiger partial charge is 0.393 e. The third-order valence-electron chi connectivity index (χ3n) is 4.65. The first-order chi connectivity index (χ1) is 12.1. The van der Waals surface area contributed by atoms with Crippen molar-refractivity contribution in [3.8, 4) is 0 Å². The number of rotatable bonds is 11. The van der Waals surface area contributed by atoms with E-state index in [0.29, 0.717) is 12.0 Å². The number of guanidine groups is 1. The predicted molar refractivity (Wildman–Crippen MR) is 121 cm³/mol. The number of halogens is 1. The standard InChI is InChI=1S/C19H40N4O2.HI/c1-5-20-19(22-12-8-18(16(3)4)25-6-2)21-11-7-13-23-14-9-17(24)10-15-23;/h16-18,24H,5-15H2,1-4H3,(H2,20,21,22);1H. The highest BCUT2D eigenvalue weighted by Crippen LogP contribution is 2.10. The minimum Gasteiger partial charge on any atom is -0.393 e. The molecule has 156 valence electrons. The topological polar surface area (TPSA) is 69.1 Å². The highest BCUT2D eigenvalue weighted by atomic mass is 127. The lowest BCUT2D eigenvalue weighted by atomic mass is 10.0. The minimum absolute atomic E-state index is 0. The number of hydrogen-bond donors (Lipinski definition) is 3. The molecule has 0 aromatic rings. The van der Waals surface area contributed by atoms with E-state index in [1.807, 2.05) is 0 Å². The third-order valence-corrected chi connectivity index (χ3v) is 4.65. The third kappa shape index (κ3) is 11.6. The molecule has 1 aliphatic rings. The molecule has 1 unspecified atom stereocenters. The molecular formula is C19H41IN4O2. The summed E-state index contributed by atoms with van der Waals surface area (Å²) < 4.78 is 5.79. The molecule has 0 aromatic carbocycles. The van der Waals surface area contributed by atoms with Gasteiger partial charge in [-0.15, -0.1) is 24.0 Å². The average molecular weight is 484 g/mol. The first-order valence-electron chi connectivity index (χ1n) is 10.1. The summed E-state index contributed by atoms with van der Waals surface area (Å²) in [5, 5.41) is 16.3. The zero-order valence-corrected chi connectivity index (χ0v) is 19.5. The number of nitrogens with zero attached hydrogens (tertiary/aromatic N) is 2. The van der Waals surface area contributed by atoms with Crippen LogP contribution in [0.5, 0.6) is 0 Å². The quantitative estimate of drug-likeness (QED) is 0.182. The van der Waals surface area contributed by atoms with Gasteiger partial charge < -0.3 is 25.4 Å². The highest BCUT2D eigenvalue weighted by Gasteiger charge is 2.16. The highest BCUT2D eigenvalue weighted by molar-refractivity contribution is 14.0. The van der Waals surface area contributed by atoms with Gasteiger partial charge >= 0.3 is 0 Å². The maximum Gasteiger partial charge on any atom is 0.191 e. The Morgan fingerprint density at radius 3 is 2.50 bits per heavy atom. The molecule has 1 aliphatic heterocycles. The van der Waals surface area contributed by atoms with Gasteiger partial charge in [-0.05, 0) is 52.0 Å². The van der Waals surface area contributed by atoms with Crippen molar-refractivity contribution in [2.75, 3.05) is 45.9 Å². The van der Waals surface area contributed by atoms with Crippen LogP contribution in [-0.4, -0.2) is 74.0 Å². The van der Waals surface area contributed by atoms with Gasteiger partial charge in [-0.2, -0.15) is 0 Å². The maximum atomic E-state index is 9.55. The predicted octanol–water partition coefficient (Wildman–Crippen LogP) is 2.46. The molecule has 6 nitrogen and oxygen atoms in total. The van der Waals surface area contributed by atoms with Crippen molar-refractivity contribution in [2.24, 2.45) is 10.9 Å². The smallest absolute Gasteiger partial charge is 0.191 e. The molecule has 0 bridgehead atoms.